The number of aliphatic hydroxyl groups excluding tert-OH is 1. The topological polar surface area (TPSA) is 102 Å². The van der Waals surface area contributed by atoms with Crippen LogP contribution in [0.4, 0.5) is 30.6 Å². The summed E-state index contributed by atoms with van der Waals surface area (Å²) in [4.78, 5) is 23.3. The highest BCUT2D eigenvalue weighted by Gasteiger charge is 2.36. The lowest BCUT2D eigenvalue weighted by atomic mass is 9.86. The van der Waals surface area contributed by atoms with Gasteiger partial charge in [0.1, 0.15) is 11.9 Å². The third-order valence-electron chi connectivity index (χ3n) is 6.40. The van der Waals surface area contributed by atoms with Crippen molar-refractivity contribution in [2.45, 2.75) is 64.4 Å². The molecule has 11 heteroatoms. The third-order valence-corrected chi connectivity index (χ3v) is 6.40. The number of rotatable bonds is 6. The molecule has 1 aliphatic heterocycles. The number of amides is 1. The van der Waals surface area contributed by atoms with Gasteiger partial charge in [0.15, 0.2) is 23.3 Å². The van der Waals surface area contributed by atoms with Crippen LogP contribution >= 0.6 is 0 Å². The molecular formula is C23H29F3N6O2. The minimum atomic E-state index is -1.55. The summed E-state index contributed by atoms with van der Waals surface area (Å²) in [5.41, 5.74) is 1.48. The molecule has 0 radical (unpaired) electrons. The van der Waals surface area contributed by atoms with Crippen LogP contribution in [0, 0.1) is 30.3 Å². The van der Waals surface area contributed by atoms with E-state index in [-0.39, 0.29) is 41.9 Å². The van der Waals surface area contributed by atoms with Gasteiger partial charge >= 0.3 is 0 Å². The largest absolute Gasteiger partial charge is 0.372 e. The normalized spacial score (nSPS) is 23.7. The van der Waals surface area contributed by atoms with Crippen LogP contribution in [0.15, 0.2) is 12.1 Å². The van der Waals surface area contributed by atoms with Crippen molar-refractivity contribution >= 4 is 23.4 Å². The molecule has 1 aliphatic carbocycles. The van der Waals surface area contributed by atoms with Gasteiger partial charge in [-0.1, -0.05) is 13.8 Å². The highest BCUT2D eigenvalue weighted by molar-refractivity contribution is 5.79. The van der Waals surface area contributed by atoms with Crippen molar-refractivity contribution in [3.63, 3.8) is 0 Å². The van der Waals surface area contributed by atoms with Crippen molar-refractivity contribution in [1.29, 1.82) is 0 Å². The first-order chi connectivity index (χ1) is 16.0. The zero-order chi connectivity index (χ0) is 24.7. The smallest absolute Gasteiger partial charge is 0.225 e. The maximum atomic E-state index is 13.3. The molecule has 2 atom stereocenters. The first kappa shape index (κ1) is 24.1. The first-order valence-electron chi connectivity index (χ1n) is 11.3. The van der Waals surface area contributed by atoms with Gasteiger partial charge in [0, 0.05) is 19.1 Å². The highest BCUT2D eigenvalue weighted by Crippen LogP contribution is 2.36. The number of hydrogen-bond acceptors (Lipinski definition) is 7. The summed E-state index contributed by atoms with van der Waals surface area (Å²) in [5, 5.41) is 19.7. The molecule has 4 rings (SSSR count). The van der Waals surface area contributed by atoms with Gasteiger partial charge in [0.25, 0.3) is 0 Å². The molecule has 2 aliphatic rings. The van der Waals surface area contributed by atoms with Crippen LogP contribution in [-0.2, 0) is 11.2 Å². The number of fused-ring (bicyclic) bond motifs is 1. The molecule has 8 nitrogen and oxygen atoms in total. The van der Waals surface area contributed by atoms with E-state index in [9.17, 15) is 23.1 Å². The monoisotopic (exact) mass is 478 g/mol. The second-order valence-corrected chi connectivity index (χ2v) is 9.39. The molecule has 1 fully saturated rings. The number of halogens is 3. The second kappa shape index (κ2) is 9.28. The number of nitrogens with zero attached hydrogens (tertiary/aromatic N) is 3. The Morgan fingerprint density at radius 1 is 1.21 bits per heavy atom. The fraction of sp³-hybridized carbons (Fsp3) is 0.522. The fourth-order valence-corrected chi connectivity index (χ4v) is 4.65. The van der Waals surface area contributed by atoms with E-state index in [0.717, 1.165) is 12.1 Å². The summed E-state index contributed by atoms with van der Waals surface area (Å²) >= 11 is 0. The Morgan fingerprint density at radius 2 is 1.85 bits per heavy atom. The van der Waals surface area contributed by atoms with Gasteiger partial charge in [0.2, 0.25) is 11.9 Å². The molecule has 0 saturated heterocycles. The number of carbonyl (C=O) groups excluding carboxylic acids is 1. The number of carbonyl (C=O) groups is 1. The number of anilines is 3. The molecule has 4 N–H and O–H groups in total. The van der Waals surface area contributed by atoms with Gasteiger partial charge in [-0.2, -0.15) is 4.98 Å². The quantitative estimate of drug-likeness (QED) is 0.474. The Morgan fingerprint density at radius 3 is 2.47 bits per heavy atom. The molecule has 1 aromatic heterocycles. The van der Waals surface area contributed by atoms with E-state index in [2.05, 4.69) is 25.9 Å². The van der Waals surface area contributed by atoms with Crippen LogP contribution in [0.25, 0.3) is 0 Å². The van der Waals surface area contributed by atoms with Crippen LogP contribution in [0.2, 0.25) is 0 Å². The van der Waals surface area contributed by atoms with Gasteiger partial charge in [0.05, 0.1) is 18.2 Å². The maximum absolute atomic E-state index is 13.3. The predicted molar refractivity (Wildman–Crippen MR) is 122 cm³/mol. The summed E-state index contributed by atoms with van der Waals surface area (Å²) < 4.78 is 39.8. The fourth-order valence-electron chi connectivity index (χ4n) is 4.65. The van der Waals surface area contributed by atoms with Gasteiger partial charge in [-0.3, -0.25) is 4.79 Å². The molecule has 0 bridgehead atoms. The average Bonchev–Trinajstić information content (AvgIpc) is 2.71. The van der Waals surface area contributed by atoms with Crippen molar-refractivity contribution in [2.75, 3.05) is 22.6 Å². The third kappa shape index (κ3) is 4.75. The zero-order valence-corrected chi connectivity index (χ0v) is 19.5. The molecule has 2 heterocycles. The molecular weight excluding hydrogens is 449 g/mol. The summed E-state index contributed by atoms with van der Waals surface area (Å²) in [5.74, 6) is -3.18. The summed E-state index contributed by atoms with van der Waals surface area (Å²) in [6.45, 7) is 5.92. The number of aliphatic hydroxyl groups is 1. The van der Waals surface area contributed by atoms with E-state index < -0.39 is 23.7 Å². The lowest BCUT2D eigenvalue weighted by Crippen LogP contribution is -2.53. The standard InChI is InChI=1S/C23H29F3N6O2/c1-10(2)20-22(34)30-19-11(3)27-23(31-21(19)32(20)4)29-14-8-13(9-14)28-17(33)7-12-5-15(24)18(26)16(25)6-12/h5-6,10,13-14,20,22,30,34H,7-9H2,1-4H3,(H,28,33)(H,27,29,31)/t13-,14+,20-,22?/m0/s1. The lowest BCUT2D eigenvalue weighted by molar-refractivity contribution is -0.121. The van der Waals surface area contributed by atoms with Crippen molar-refractivity contribution in [1.82, 2.24) is 15.3 Å². The summed E-state index contributed by atoms with van der Waals surface area (Å²) in [6, 6.07) is 1.47. The number of likely N-dealkylation sites (N-methyl/N-ethyl adjacent to an activating group) is 1. The predicted octanol–water partition coefficient (Wildman–Crippen LogP) is 2.71. The van der Waals surface area contributed by atoms with E-state index in [1.807, 2.05) is 32.7 Å². The van der Waals surface area contributed by atoms with Crippen molar-refractivity contribution < 1.29 is 23.1 Å². The van der Waals surface area contributed by atoms with Gasteiger partial charge < -0.3 is 26.0 Å². The van der Waals surface area contributed by atoms with Crippen molar-refractivity contribution in [3.05, 3.63) is 40.8 Å². The minimum Gasteiger partial charge on any atom is -0.372 e. The van der Waals surface area contributed by atoms with Crippen LogP contribution < -0.4 is 20.9 Å². The Kier molecular flexibility index (Phi) is 6.57. The van der Waals surface area contributed by atoms with Crippen molar-refractivity contribution in [2.24, 2.45) is 5.92 Å². The number of aromatic nitrogens is 2. The summed E-state index contributed by atoms with van der Waals surface area (Å²) in [6.07, 6.45) is 0.313. The minimum absolute atomic E-state index is 0.0526. The first-order valence-corrected chi connectivity index (χ1v) is 11.3. The maximum Gasteiger partial charge on any atom is 0.225 e. The molecule has 0 spiro atoms. The van der Waals surface area contributed by atoms with E-state index in [4.69, 9.17) is 0 Å². The van der Waals surface area contributed by atoms with E-state index >= 15 is 0 Å². The van der Waals surface area contributed by atoms with Crippen LogP contribution in [0.5, 0.6) is 0 Å². The number of benzene rings is 1. The van der Waals surface area contributed by atoms with Gasteiger partial charge in [-0.15, -0.1) is 0 Å². The second-order valence-electron chi connectivity index (χ2n) is 9.39. The number of aryl methyl sites for hydroxylation is 1. The lowest BCUT2D eigenvalue weighted by Gasteiger charge is -2.42. The molecule has 1 saturated carbocycles. The number of hydrogen-bond donors (Lipinski definition) is 4. The van der Waals surface area contributed by atoms with E-state index in [0.29, 0.717) is 36.0 Å². The van der Waals surface area contributed by atoms with Gasteiger partial charge in [-0.05, 0) is 43.4 Å². The van der Waals surface area contributed by atoms with Gasteiger partial charge in [-0.25, -0.2) is 18.2 Å². The van der Waals surface area contributed by atoms with Crippen LogP contribution in [-0.4, -0.2) is 52.4 Å². The average molecular weight is 479 g/mol. The highest BCUT2D eigenvalue weighted by atomic mass is 19.2. The van der Waals surface area contributed by atoms with Crippen LogP contribution in [0.3, 0.4) is 0 Å². The Balaban J connectivity index is 1.33. The SMILES string of the molecule is Cc1nc(N[C@H]2C[C@@H](NC(=O)Cc3cc(F)c(F)c(F)c3)C2)nc2c1NC(O)[C@H](C(C)C)N2C. The van der Waals surface area contributed by atoms with E-state index in [1.54, 1.807) is 0 Å². The molecule has 2 aromatic rings. The zero-order valence-electron chi connectivity index (χ0n) is 19.5. The van der Waals surface area contributed by atoms with E-state index in [1.165, 1.54) is 0 Å². The molecule has 1 amide bonds. The number of nitrogens with one attached hydrogen (secondary N) is 3. The van der Waals surface area contributed by atoms with Crippen LogP contribution in [0.1, 0.15) is 37.9 Å². The van der Waals surface area contributed by atoms with Crippen molar-refractivity contribution in [3.8, 4) is 0 Å². The Bertz CT molecular complexity index is 1070. The molecule has 1 unspecified atom stereocenters. The molecule has 34 heavy (non-hydrogen) atoms. The Labute approximate surface area is 196 Å². The summed E-state index contributed by atoms with van der Waals surface area (Å²) in [7, 11) is 1.90. The molecule has 1 aromatic carbocycles. The molecule has 184 valence electrons. The Hall–Kier alpha value is -3.08.